The van der Waals surface area contributed by atoms with Gasteiger partial charge in [-0.2, -0.15) is 0 Å². The lowest BCUT2D eigenvalue weighted by Crippen LogP contribution is -2.15. The van der Waals surface area contributed by atoms with E-state index in [4.69, 9.17) is 11.6 Å². The van der Waals surface area contributed by atoms with Crippen LogP contribution in [0.25, 0.3) is 0 Å². The van der Waals surface area contributed by atoms with E-state index in [1.165, 1.54) is 17.3 Å². The minimum atomic E-state index is 0.00463. The Morgan fingerprint density at radius 2 is 1.67 bits per heavy atom. The van der Waals surface area contributed by atoms with E-state index in [1.807, 2.05) is 38.1 Å². The van der Waals surface area contributed by atoms with Crippen LogP contribution in [0, 0.1) is 20.8 Å². The van der Waals surface area contributed by atoms with E-state index < -0.39 is 0 Å². The Kier molecular flexibility index (Phi) is 5.32. The zero-order chi connectivity index (χ0) is 15.4. The molecule has 0 saturated heterocycles. The Morgan fingerprint density at radius 1 is 1.10 bits per heavy atom. The number of nitrogens with one attached hydrogen (secondary N) is 1. The van der Waals surface area contributed by atoms with Crippen LogP contribution in [0.3, 0.4) is 0 Å². The fraction of sp³-hybridized carbons (Fsp3) is 0.235. The standard InChI is InChI=1S/C17H18ClNOS/c1-11-8-12(2)17(13(3)9-11)19-16(20)10-21-15-6-4-14(18)5-7-15/h4-9H,10H2,1-3H3,(H,19,20). The Hall–Kier alpha value is -1.45. The van der Waals surface area contributed by atoms with Crippen molar-refractivity contribution in [1.29, 1.82) is 0 Å². The quantitative estimate of drug-likeness (QED) is 0.804. The Bertz CT molecular complexity index is 629. The van der Waals surface area contributed by atoms with Crippen molar-refractivity contribution in [1.82, 2.24) is 0 Å². The van der Waals surface area contributed by atoms with E-state index in [0.29, 0.717) is 10.8 Å². The van der Waals surface area contributed by atoms with Gasteiger partial charge in [-0.15, -0.1) is 11.8 Å². The highest BCUT2D eigenvalue weighted by molar-refractivity contribution is 8.00. The first-order valence-corrected chi connectivity index (χ1v) is 8.08. The predicted molar refractivity (Wildman–Crippen MR) is 91.5 cm³/mol. The van der Waals surface area contributed by atoms with Gasteiger partial charge in [0.15, 0.2) is 0 Å². The third-order valence-electron chi connectivity index (χ3n) is 3.13. The third kappa shape index (κ3) is 4.51. The molecule has 0 aliphatic rings. The number of thioether (sulfide) groups is 1. The summed E-state index contributed by atoms with van der Waals surface area (Å²) >= 11 is 7.34. The molecule has 0 aromatic heterocycles. The molecule has 0 heterocycles. The van der Waals surface area contributed by atoms with Crippen LogP contribution in [-0.4, -0.2) is 11.7 Å². The van der Waals surface area contributed by atoms with Gasteiger partial charge in [0.05, 0.1) is 5.75 Å². The van der Waals surface area contributed by atoms with Gasteiger partial charge in [-0.25, -0.2) is 0 Å². The van der Waals surface area contributed by atoms with Crippen molar-refractivity contribution in [3.05, 3.63) is 58.1 Å². The predicted octanol–water partition coefficient (Wildman–Crippen LogP) is 5.00. The van der Waals surface area contributed by atoms with Crippen LogP contribution in [0.15, 0.2) is 41.3 Å². The SMILES string of the molecule is Cc1cc(C)c(NC(=O)CSc2ccc(Cl)cc2)c(C)c1. The minimum absolute atomic E-state index is 0.00463. The third-order valence-corrected chi connectivity index (χ3v) is 4.39. The summed E-state index contributed by atoms with van der Waals surface area (Å²) in [4.78, 5) is 13.1. The summed E-state index contributed by atoms with van der Waals surface area (Å²) in [6.07, 6.45) is 0. The molecule has 4 heteroatoms. The summed E-state index contributed by atoms with van der Waals surface area (Å²) in [6, 6.07) is 11.7. The normalized spacial score (nSPS) is 10.5. The number of benzene rings is 2. The van der Waals surface area contributed by atoms with Crippen molar-refractivity contribution in [3.8, 4) is 0 Å². The number of halogens is 1. The molecular formula is C17H18ClNOS. The number of rotatable bonds is 4. The number of hydrogen-bond acceptors (Lipinski definition) is 2. The lowest BCUT2D eigenvalue weighted by atomic mass is 10.1. The first-order chi connectivity index (χ1) is 9.95. The summed E-state index contributed by atoms with van der Waals surface area (Å²) in [5.74, 6) is 0.388. The molecule has 0 unspecified atom stereocenters. The minimum Gasteiger partial charge on any atom is -0.325 e. The molecule has 2 aromatic carbocycles. The summed E-state index contributed by atoms with van der Waals surface area (Å²) in [6.45, 7) is 6.09. The maximum Gasteiger partial charge on any atom is 0.234 e. The van der Waals surface area contributed by atoms with Gasteiger partial charge in [0.2, 0.25) is 5.91 Å². The molecule has 0 fully saturated rings. The van der Waals surface area contributed by atoms with E-state index in [-0.39, 0.29) is 5.91 Å². The number of aryl methyl sites for hydroxylation is 3. The van der Waals surface area contributed by atoms with E-state index in [1.54, 1.807) is 0 Å². The monoisotopic (exact) mass is 319 g/mol. The zero-order valence-electron chi connectivity index (χ0n) is 12.4. The lowest BCUT2D eigenvalue weighted by molar-refractivity contribution is -0.113. The topological polar surface area (TPSA) is 29.1 Å². The highest BCUT2D eigenvalue weighted by Crippen LogP contribution is 2.24. The van der Waals surface area contributed by atoms with Crippen LogP contribution >= 0.6 is 23.4 Å². The number of amides is 1. The molecule has 110 valence electrons. The van der Waals surface area contributed by atoms with Crippen molar-refractivity contribution in [2.75, 3.05) is 11.1 Å². The van der Waals surface area contributed by atoms with Crippen molar-refractivity contribution in [2.24, 2.45) is 0 Å². The van der Waals surface area contributed by atoms with Crippen LogP contribution in [0.4, 0.5) is 5.69 Å². The molecular weight excluding hydrogens is 302 g/mol. The Labute approximate surface area is 134 Å². The fourth-order valence-corrected chi connectivity index (χ4v) is 3.06. The van der Waals surface area contributed by atoms with Crippen molar-refractivity contribution >= 4 is 35.0 Å². The van der Waals surface area contributed by atoms with Gasteiger partial charge in [0.1, 0.15) is 0 Å². The van der Waals surface area contributed by atoms with E-state index in [0.717, 1.165) is 21.7 Å². The lowest BCUT2D eigenvalue weighted by Gasteiger charge is -2.12. The van der Waals surface area contributed by atoms with Crippen molar-refractivity contribution < 1.29 is 4.79 Å². The molecule has 1 amide bonds. The second-order valence-corrected chi connectivity index (χ2v) is 6.55. The van der Waals surface area contributed by atoms with Gasteiger partial charge in [0.25, 0.3) is 0 Å². The average Bonchev–Trinajstić information content (AvgIpc) is 2.42. The molecule has 0 atom stereocenters. The van der Waals surface area contributed by atoms with Gasteiger partial charge in [0, 0.05) is 15.6 Å². The van der Waals surface area contributed by atoms with E-state index in [9.17, 15) is 4.79 Å². The zero-order valence-corrected chi connectivity index (χ0v) is 13.9. The van der Waals surface area contributed by atoms with Crippen molar-refractivity contribution in [2.45, 2.75) is 25.7 Å². The number of carbonyl (C=O) groups is 1. The summed E-state index contributed by atoms with van der Waals surface area (Å²) in [5, 5.41) is 3.70. The Morgan fingerprint density at radius 3 is 2.24 bits per heavy atom. The van der Waals surface area contributed by atoms with E-state index >= 15 is 0 Å². The molecule has 2 rings (SSSR count). The van der Waals surface area contributed by atoms with Crippen LogP contribution < -0.4 is 5.32 Å². The molecule has 0 spiro atoms. The molecule has 0 aliphatic carbocycles. The maximum atomic E-state index is 12.1. The molecule has 1 N–H and O–H groups in total. The fourth-order valence-electron chi connectivity index (χ4n) is 2.23. The highest BCUT2D eigenvalue weighted by atomic mass is 35.5. The second kappa shape index (κ2) is 7.01. The molecule has 0 aliphatic heterocycles. The molecule has 2 aromatic rings. The van der Waals surface area contributed by atoms with Crippen molar-refractivity contribution in [3.63, 3.8) is 0 Å². The summed E-state index contributed by atoms with van der Waals surface area (Å²) < 4.78 is 0. The maximum absolute atomic E-state index is 12.1. The summed E-state index contributed by atoms with van der Waals surface area (Å²) in [5.41, 5.74) is 4.32. The number of hydrogen-bond donors (Lipinski definition) is 1. The molecule has 0 saturated carbocycles. The van der Waals surface area contributed by atoms with E-state index in [2.05, 4.69) is 24.4 Å². The smallest absolute Gasteiger partial charge is 0.234 e. The largest absolute Gasteiger partial charge is 0.325 e. The molecule has 0 bridgehead atoms. The molecule has 21 heavy (non-hydrogen) atoms. The van der Waals surface area contributed by atoms with Crippen LogP contribution in [0.5, 0.6) is 0 Å². The van der Waals surface area contributed by atoms with Gasteiger partial charge >= 0.3 is 0 Å². The van der Waals surface area contributed by atoms with Crippen LogP contribution in [-0.2, 0) is 4.79 Å². The van der Waals surface area contributed by atoms with Gasteiger partial charge < -0.3 is 5.32 Å². The first kappa shape index (κ1) is 15.9. The molecule has 0 radical (unpaired) electrons. The van der Waals surface area contributed by atoms with Crippen LogP contribution in [0.2, 0.25) is 5.02 Å². The summed E-state index contributed by atoms with van der Waals surface area (Å²) in [7, 11) is 0. The Balaban J connectivity index is 1.97. The average molecular weight is 320 g/mol. The highest BCUT2D eigenvalue weighted by Gasteiger charge is 2.08. The van der Waals surface area contributed by atoms with Gasteiger partial charge in [-0.1, -0.05) is 29.3 Å². The second-order valence-electron chi connectivity index (χ2n) is 5.06. The molecule has 2 nitrogen and oxygen atoms in total. The van der Waals surface area contributed by atoms with Gasteiger partial charge in [-0.05, 0) is 56.2 Å². The van der Waals surface area contributed by atoms with Crippen LogP contribution in [0.1, 0.15) is 16.7 Å². The number of anilines is 1. The number of carbonyl (C=O) groups excluding carboxylic acids is 1. The van der Waals surface area contributed by atoms with Gasteiger partial charge in [-0.3, -0.25) is 4.79 Å². The first-order valence-electron chi connectivity index (χ1n) is 6.72.